The molecule has 0 saturated carbocycles. The van der Waals surface area contributed by atoms with Gasteiger partial charge in [-0.25, -0.2) is 4.39 Å². The van der Waals surface area contributed by atoms with Crippen molar-refractivity contribution in [2.75, 3.05) is 18.5 Å². The molecule has 0 aliphatic heterocycles. The maximum absolute atomic E-state index is 13.8. The molecule has 0 aromatic heterocycles. The Balaban J connectivity index is 2.06. The van der Waals surface area contributed by atoms with Crippen LogP contribution in [0.1, 0.15) is 19.4 Å². The van der Waals surface area contributed by atoms with Crippen molar-refractivity contribution in [3.05, 3.63) is 59.9 Å². The summed E-state index contributed by atoms with van der Waals surface area (Å²) >= 11 is 0. The molecule has 2 rings (SSSR count). The van der Waals surface area contributed by atoms with Crippen LogP contribution in [-0.4, -0.2) is 29.9 Å². The molecule has 0 bridgehead atoms. The number of ether oxygens (including phenoxy) is 1. The van der Waals surface area contributed by atoms with Crippen LogP contribution < -0.4 is 10.1 Å². The van der Waals surface area contributed by atoms with Crippen molar-refractivity contribution in [2.24, 2.45) is 0 Å². The van der Waals surface area contributed by atoms with E-state index in [0.717, 1.165) is 0 Å². The molecule has 2 aromatic rings. The van der Waals surface area contributed by atoms with Crippen LogP contribution in [-0.2, 0) is 16.1 Å². The minimum absolute atomic E-state index is 0.0303. The van der Waals surface area contributed by atoms with Gasteiger partial charge in [-0.1, -0.05) is 30.3 Å². The van der Waals surface area contributed by atoms with Crippen molar-refractivity contribution in [1.29, 1.82) is 0 Å². The Labute approximate surface area is 146 Å². The van der Waals surface area contributed by atoms with E-state index < -0.39 is 5.82 Å². The monoisotopic (exact) mass is 344 g/mol. The lowest BCUT2D eigenvalue weighted by Crippen LogP contribution is -2.36. The lowest BCUT2D eigenvalue weighted by atomic mass is 10.2. The number of para-hydroxylation sites is 2. The molecule has 2 aromatic carbocycles. The first kappa shape index (κ1) is 18.4. The van der Waals surface area contributed by atoms with E-state index in [-0.39, 0.29) is 24.9 Å². The molecular weight excluding hydrogens is 323 g/mol. The van der Waals surface area contributed by atoms with Gasteiger partial charge in [-0.15, -0.1) is 0 Å². The maximum atomic E-state index is 13.8. The first-order valence-electron chi connectivity index (χ1n) is 8.02. The Morgan fingerprint density at radius 2 is 1.80 bits per heavy atom. The Bertz CT molecular complexity index is 749. The SMILES string of the molecule is CCOc1ccccc1NC(=O)CN(Cc1ccccc1F)C(C)=O. The molecular formula is C19H21FN2O3. The molecule has 0 fully saturated rings. The number of benzene rings is 2. The number of hydrogen-bond acceptors (Lipinski definition) is 3. The van der Waals surface area contributed by atoms with E-state index in [4.69, 9.17) is 4.74 Å². The Hall–Kier alpha value is -2.89. The van der Waals surface area contributed by atoms with E-state index >= 15 is 0 Å². The molecule has 1 N–H and O–H groups in total. The number of nitrogens with one attached hydrogen (secondary N) is 1. The second-order valence-electron chi connectivity index (χ2n) is 5.44. The van der Waals surface area contributed by atoms with Crippen LogP contribution in [0.3, 0.4) is 0 Å². The fourth-order valence-corrected chi connectivity index (χ4v) is 2.33. The van der Waals surface area contributed by atoms with Gasteiger partial charge in [0.15, 0.2) is 0 Å². The van der Waals surface area contributed by atoms with Gasteiger partial charge in [-0.3, -0.25) is 9.59 Å². The summed E-state index contributed by atoms with van der Waals surface area (Å²) in [6.07, 6.45) is 0. The fourth-order valence-electron chi connectivity index (χ4n) is 2.33. The zero-order valence-electron chi connectivity index (χ0n) is 14.3. The molecule has 0 saturated heterocycles. The highest BCUT2D eigenvalue weighted by molar-refractivity contribution is 5.95. The van der Waals surface area contributed by atoms with Crippen LogP contribution in [0.4, 0.5) is 10.1 Å². The summed E-state index contributed by atoms with van der Waals surface area (Å²) in [5, 5.41) is 2.73. The average molecular weight is 344 g/mol. The molecule has 0 spiro atoms. The van der Waals surface area contributed by atoms with Gasteiger partial charge in [-0.2, -0.15) is 0 Å². The van der Waals surface area contributed by atoms with Crippen molar-refractivity contribution in [1.82, 2.24) is 4.90 Å². The van der Waals surface area contributed by atoms with E-state index in [1.54, 1.807) is 42.5 Å². The van der Waals surface area contributed by atoms with Crippen molar-refractivity contribution in [3.8, 4) is 5.75 Å². The van der Waals surface area contributed by atoms with Crippen molar-refractivity contribution < 1.29 is 18.7 Å². The third-order valence-electron chi connectivity index (χ3n) is 3.56. The van der Waals surface area contributed by atoms with Crippen LogP contribution in [0, 0.1) is 5.82 Å². The maximum Gasteiger partial charge on any atom is 0.244 e. The van der Waals surface area contributed by atoms with E-state index in [0.29, 0.717) is 23.6 Å². The van der Waals surface area contributed by atoms with Gasteiger partial charge >= 0.3 is 0 Å². The smallest absolute Gasteiger partial charge is 0.244 e. The van der Waals surface area contributed by atoms with Gasteiger partial charge in [0.05, 0.1) is 12.3 Å². The number of nitrogens with zero attached hydrogens (tertiary/aromatic N) is 1. The Morgan fingerprint density at radius 3 is 2.48 bits per heavy atom. The van der Waals surface area contributed by atoms with Gasteiger partial charge in [0.2, 0.25) is 11.8 Å². The van der Waals surface area contributed by atoms with Gasteiger partial charge < -0.3 is 15.0 Å². The molecule has 6 heteroatoms. The Morgan fingerprint density at radius 1 is 1.12 bits per heavy atom. The highest BCUT2D eigenvalue weighted by Gasteiger charge is 2.17. The molecule has 0 unspecified atom stereocenters. The lowest BCUT2D eigenvalue weighted by Gasteiger charge is -2.21. The zero-order chi connectivity index (χ0) is 18.2. The first-order valence-corrected chi connectivity index (χ1v) is 8.02. The van der Waals surface area contributed by atoms with Crippen molar-refractivity contribution in [3.63, 3.8) is 0 Å². The summed E-state index contributed by atoms with van der Waals surface area (Å²) in [7, 11) is 0. The summed E-state index contributed by atoms with van der Waals surface area (Å²) in [6.45, 7) is 3.53. The van der Waals surface area contributed by atoms with Crippen LogP contribution in [0.2, 0.25) is 0 Å². The van der Waals surface area contributed by atoms with Crippen LogP contribution in [0.15, 0.2) is 48.5 Å². The topological polar surface area (TPSA) is 58.6 Å². The predicted octanol–water partition coefficient (Wildman–Crippen LogP) is 3.21. The van der Waals surface area contributed by atoms with Crippen molar-refractivity contribution in [2.45, 2.75) is 20.4 Å². The number of rotatable bonds is 7. The normalized spacial score (nSPS) is 10.2. The van der Waals surface area contributed by atoms with Crippen LogP contribution in [0.5, 0.6) is 5.75 Å². The number of carbonyl (C=O) groups excluding carboxylic acids is 2. The third kappa shape index (κ3) is 5.31. The van der Waals surface area contributed by atoms with Gasteiger partial charge in [0, 0.05) is 19.0 Å². The predicted molar refractivity (Wildman–Crippen MR) is 93.7 cm³/mol. The molecule has 0 aliphatic rings. The van der Waals surface area contributed by atoms with Gasteiger partial charge in [0.25, 0.3) is 0 Å². The molecule has 5 nitrogen and oxygen atoms in total. The minimum atomic E-state index is -0.407. The zero-order valence-corrected chi connectivity index (χ0v) is 14.3. The largest absolute Gasteiger partial charge is 0.492 e. The van der Waals surface area contributed by atoms with Crippen LogP contribution in [0.25, 0.3) is 0 Å². The summed E-state index contributed by atoms with van der Waals surface area (Å²) in [5.41, 5.74) is 0.893. The van der Waals surface area contributed by atoms with E-state index in [1.807, 2.05) is 6.92 Å². The van der Waals surface area contributed by atoms with Crippen LogP contribution >= 0.6 is 0 Å². The number of halogens is 1. The van der Waals surface area contributed by atoms with Gasteiger partial charge in [-0.05, 0) is 25.1 Å². The number of anilines is 1. The summed E-state index contributed by atoms with van der Waals surface area (Å²) in [4.78, 5) is 25.4. The third-order valence-corrected chi connectivity index (χ3v) is 3.56. The molecule has 2 amide bonds. The van der Waals surface area contributed by atoms with E-state index in [9.17, 15) is 14.0 Å². The second-order valence-corrected chi connectivity index (χ2v) is 5.44. The summed E-state index contributed by atoms with van der Waals surface area (Å²) in [6, 6.07) is 13.2. The molecule has 0 atom stereocenters. The number of carbonyl (C=O) groups is 2. The second kappa shape index (κ2) is 8.82. The average Bonchev–Trinajstić information content (AvgIpc) is 2.58. The summed E-state index contributed by atoms with van der Waals surface area (Å²) in [5.74, 6) is -0.534. The number of amides is 2. The number of hydrogen-bond donors (Lipinski definition) is 1. The summed E-state index contributed by atoms with van der Waals surface area (Å²) < 4.78 is 19.2. The Kier molecular flexibility index (Phi) is 6.51. The minimum Gasteiger partial charge on any atom is -0.492 e. The lowest BCUT2D eigenvalue weighted by molar-refractivity contribution is -0.133. The van der Waals surface area contributed by atoms with Crippen molar-refractivity contribution >= 4 is 17.5 Å². The molecule has 132 valence electrons. The van der Waals surface area contributed by atoms with E-state index in [1.165, 1.54) is 17.9 Å². The highest BCUT2D eigenvalue weighted by Crippen LogP contribution is 2.23. The fraction of sp³-hybridized carbons (Fsp3) is 0.263. The molecule has 0 aliphatic carbocycles. The molecule has 0 radical (unpaired) electrons. The standard InChI is InChI=1S/C19H21FN2O3/c1-3-25-18-11-7-6-10-17(18)21-19(24)13-22(14(2)23)12-15-8-4-5-9-16(15)20/h4-11H,3,12-13H2,1-2H3,(H,21,24). The highest BCUT2D eigenvalue weighted by atomic mass is 19.1. The molecule has 0 heterocycles. The molecule has 25 heavy (non-hydrogen) atoms. The van der Waals surface area contributed by atoms with E-state index in [2.05, 4.69) is 5.32 Å². The van der Waals surface area contributed by atoms with Gasteiger partial charge in [0.1, 0.15) is 18.1 Å². The quantitative estimate of drug-likeness (QED) is 0.839. The first-order chi connectivity index (χ1) is 12.0.